The van der Waals surface area contributed by atoms with E-state index in [9.17, 15) is 13.2 Å². The molecule has 6 heteroatoms. The zero-order valence-electron chi connectivity index (χ0n) is 11.4. The summed E-state index contributed by atoms with van der Waals surface area (Å²) in [7, 11) is -3.37. The molecule has 110 valence electrons. The monoisotopic (exact) mass is 296 g/mol. The molecule has 0 unspecified atom stereocenters. The summed E-state index contributed by atoms with van der Waals surface area (Å²) in [6, 6.07) is 6.72. The first-order chi connectivity index (χ1) is 9.50. The fourth-order valence-electron chi connectivity index (χ4n) is 2.35. The van der Waals surface area contributed by atoms with E-state index in [1.165, 1.54) is 0 Å². The first kappa shape index (κ1) is 15.0. The van der Waals surface area contributed by atoms with Crippen molar-refractivity contribution in [1.29, 1.82) is 0 Å². The summed E-state index contributed by atoms with van der Waals surface area (Å²) in [6.45, 7) is 1.21. The molecule has 1 aromatic rings. The molecule has 2 rings (SSSR count). The Hall–Kier alpha value is -1.40. The van der Waals surface area contributed by atoms with Gasteiger partial charge in [0.1, 0.15) is 0 Å². The molecular formula is C14H20N2O3S. The first-order valence-electron chi connectivity index (χ1n) is 6.87. The quantitative estimate of drug-likeness (QED) is 0.888. The fourth-order valence-corrected chi connectivity index (χ4v) is 3.87. The highest BCUT2D eigenvalue weighted by Gasteiger charge is 2.25. The lowest BCUT2D eigenvalue weighted by atomic mass is 10.1. The zero-order valence-corrected chi connectivity index (χ0v) is 12.2. The number of benzene rings is 1. The van der Waals surface area contributed by atoms with Crippen LogP contribution in [0.5, 0.6) is 0 Å². The van der Waals surface area contributed by atoms with Crippen LogP contribution in [0.25, 0.3) is 0 Å². The number of aryl methyl sites for hydroxylation is 1. The van der Waals surface area contributed by atoms with E-state index in [1.807, 2.05) is 0 Å². The topological polar surface area (TPSA) is 80.5 Å². The number of amides is 1. The van der Waals surface area contributed by atoms with Gasteiger partial charge in [0.05, 0.1) is 4.90 Å². The van der Waals surface area contributed by atoms with Gasteiger partial charge >= 0.3 is 0 Å². The summed E-state index contributed by atoms with van der Waals surface area (Å²) in [6.07, 6.45) is 3.77. The minimum atomic E-state index is -3.37. The minimum absolute atomic E-state index is 0.276. The normalized spacial score (nSPS) is 17.0. The van der Waals surface area contributed by atoms with Gasteiger partial charge in [0, 0.05) is 19.5 Å². The maximum absolute atomic E-state index is 12.4. The van der Waals surface area contributed by atoms with E-state index in [-0.39, 0.29) is 12.3 Å². The van der Waals surface area contributed by atoms with Gasteiger partial charge in [-0.1, -0.05) is 18.6 Å². The van der Waals surface area contributed by atoms with Gasteiger partial charge in [0.2, 0.25) is 15.9 Å². The number of sulfonamides is 1. The van der Waals surface area contributed by atoms with E-state index in [0.29, 0.717) is 24.4 Å². The molecule has 0 spiro atoms. The Kier molecular flexibility index (Phi) is 4.77. The summed E-state index contributed by atoms with van der Waals surface area (Å²) in [5, 5.41) is 0. The smallest absolute Gasteiger partial charge is 0.243 e. The summed E-state index contributed by atoms with van der Waals surface area (Å²) >= 11 is 0. The lowest BCUT2D eigenvalue weighted by Gasteiger charge is -2.25. The highest BCUT2D eigenvalue weighted by atomic mass is 32.2. The molecule has 0 aromatic heterocycles. The number of primary amides is 1. The van der Waals surface area contributed by atoms with Gasteiger partial charge in [0.15, 0.2) is 0 Å². The Morgan fingerprint density at radius 3 is 2.25 bits per heavy atom. The van der Waals surface area contributed by atoms with Crippen molar-refractivity contribution in [2.45, 2.75) is 37.0 Å². The molecule has 1 amide bonds. The van der Waals surface area contributed by atoms with Crippen LogP contribution in [0, 0.1) is 0 Å². The molecule has 0 bridgehead atoms. The van der Waals surface area contributed by atoms with Crippen molar-refractivity contribution < 1.29 is 13.2 Å². The third kappa shape index (κ3) is 3.58. The molecule has 1 heterocycles. The predicted octanol–water partition coefficient (Wildman–Crippen LogP) is 1.28. The van der Waals surface area contributed by atoms with Crippen LogP contribution in [-0.4, -0.2) is 31.7 Å². The van der Waals surface area contributed by atoms with Crippen LogP contribution >= 0.6 is 0 Å². The van der Waals surface area contributed by atoms with Gasteiger partial charge in [-0.2, -0.15) is 4.31 Å². The Balaban J connectivity index is 2.10. The zero-order chi connectivity index (χ0) is 14.6. The average Bonchev–Trinajstić information content (AvgIpc) is 2.46. The van der Waals surface area contributed by atoms with Crippen LogP contribution in [0.2, 0.25) is 0 Å². The van der Waals surface area contributed by atoms with Crippen LogP contribution in [0.1, 0.15) is 31.2 Å². The van der Waals surface area contributed by atoms with Crippen LogP contribution in [-0.2, 0) is 21.2 Å². The molecule has 0 atom stereocenters. The van der Waals surface area contributed by atoms with E-state index in [2.05, 4.69) is 0 Å². The number of nitrogens with two attached hydrogens (primary N) is 1. The molecule has 0 saturated carbocycles. The van der Waals surface area contributed by atoms with Crippen LogP contribution in [0.3, 0.4) is 0 Å². The SMILES string of the molecule is NC(=O)CCc1ccc(S(=O)(=O)N2CCCCC2)cc1. The van der Waals surface area contributed by atoms with Crippen molar-refractivity contribution in [1.82, 2.24) is 4.31 Å². The molecule has 0 radical (unpaired) electrons. The van der Waals surface area contributed by atoms with Crippen molar-refractivity contribution in [2.24, 2.45) is 5.73 Å². The highest BCUT2D eigenvalue weighted by Crippen LogP contribution is 2.21. The van der Waals surface area contributed by atoms with Gasteiger partial charge in [-0.05, 0) is 37.0 Å². The number of rotatable bonds is 5. The number of nitrogens with zero attached hydrogens (tertiary/aromatic N) is 1. The van der Waals surface area contributed by atoms with Crippen molar-refractivity contribution in [3.05, 3.63) is 29.8 Å². The molecule has 20 heavy (non-hydrogen) atoms. The second kappa shape index (κ2) is 6.37. The molecular weight excluding hydrogens is 276 g/mol. The second-order valence-electron chi connectivity index (χ2n) is 5.08. The number of hydrogen-bond acceptors (Lipinski definition) is 3. The van der Waals surface area contributed by atoms with Crippen LogP contribution < -0.4 is 5.73 Å². The van der Waals surface area contributed by atoms with Gasteiger partial charge in [-0.25, -0.2) is 8.42 Å². The van der Waals surface area contributed by atoms with Crippen molar-refractivity contribution in [3.8, 4) is 0 Å². The molecule has 1 aliphatic rings. The maximum Gasteiger partial charge on any atom is 0.243 e. The molecule has 1 aliphatic heterocycles. The Morgan fingerprint density at radius 1 is 1.10 bits per heavy atom. The summed E-state index contributed by atoms with van der Waals surface area (Å²) in [4.78, 5) is 11.0. The molecule has 1 saturated heterocycles. The Bertz CT molecular complexity index is 561. The predicted molar refractivity (Wildman–Crippen MR) is 76.6 cm³/mol. The number of carbonyl (C=O) groups is 1. The molecule has 0 aliphatic carbocycles. The number of carbonyl (C=O) groups excluding carboxylic acids is 1. The number of hydrogen-bond donors (Lipinski definition) is 1. The van der Waals surface area contributed by atoms with E-state index in [4.69, 9.17) is 5.73 Å². The Labute approximate surface area is 119 Å². The Morgan fingerprint density at radius 2 is 1.70 bits per heavy atom. The summed E-state index contributed by atoms with van der Waals surface area (Å²) in [5.41, 5.74) is 6.01. The minimum Gasteiger partial charge on any atom is -0.370 e. The largest absolute Gasteiger partial charge is 0.370 e. The van der Waals surface area contributed by atoms with Gasteiger partial charge in [0.25, 0.3) is 0 Å². The highest BCUT2D eigenvalue weighted by molar-refractivity contribution is 7.89. The first-order valence-corrected chi connectivity index (χ1v) is 8.31. The maximum atomic E-state index is 12.4. The second-order valence-corrected chi connectivity index (χ2v) is 7.01. The number of piperidine rings is 1. The van der Waals surface area contributed by atoms with Crippen molar-refractivity contribution in [3.63, 3.8) is 0 Å². The molecule has 2 N–H and O–H groups in total. The summed E-state index contributed by atoms with van der Waals surface area (Å²) < 4.78 is 26.4. The van der Waals surface area contributed by atoms with Gasteiger partial charge < -0.3 is 5.73 Å². The van der Waals surface area contributed by atoms with E-state index < -0.39 is 10.0 Å². The van der Waals surface area contributed by atoms with E-state index >= 15 is 0 Å². The van der Waals surface area contributed by atoms with Crippen LogP contribution in [0.15, 0.2) is 29.2 Å². The van der Waals surface area contributed by atoms with Gasteiger partial charge in [-0.3, -0.25) is 4.79 Å². The fraction of sp³-hybridized carbons (Fsp3) is 0.500. The summed E-state index contributed by atoms with van der Waals surface area (Å²) in [5.74, 6) is -0.352. The van der Waals surface area contributed by atoms with Crippen molar-refractivity contribution in [2.75, 3.05) is 13.1 Å². The third-order valence-corrected chi connectivity index (χ3v) is 5.45. The average molecular weight is 296 g/mol. The van der Waals surface area contributed by atoms with Crippen molar-refractivity contribution >= 4 is 15.9 Å². The lowest BCUT2D eigenvalue weighted by Crippen LogP contribution is -2.35. The van der Waals surface area contributed by atoms with Crippen LogP contribution in [0.4, 0.5) is 0 Å². The van der Waals surface area contributed by atoms with E-state index in [1.54, 1.807) is 28.6 Å². The lowest BCUT2D eigenvalue weighted by molar-refractivity contribution is -0.117. The van der Waals surface area contributed by atoms with E-state index in [0.717, 1.165) is 24.8 Å². The standard InChI is InChI=1S/C14H20N2O3S/c15-14(17)9-6-12-4-7-13(8-5-12)20(18,19)16-10-2-1-3-11-16/h4-5,7-8H,1-3,6,9-11H2,(H2,15,17). The molecule has 1 aromatic carbocycles. The molecule has 5 nitrogen and oxygen atoms in total. The van der Waals surface area contributed by atoms with Gasteiger partial charge in [-0.15, -0.1) is 0 Å². The molecule has 1 fully saturated rings. The third-order valence-electron chi connectivity index (χ3n) is 3.54.